The smallest absolute Gasteiger partial charge is 0.214 e. The van der Waals surface area contributed by atoms with Gasteiger partial charge in [-0.3, -0.25) is 4.79 Å². The quantitative estimate of drug-likeness (QED) is 0.686. The van der Waals surface area contributed by atoms with Crippen LogP contribution in [-0.2, 0) is 9.53 Å². The third-order valence-electron chi connectivity index (χ3n) is 5.27. The maximum atomic E-state index is 12.0. The first-order valence-electron chi connectivity index (χ1n) is 9.90. The van der Waals surface area contributed by atoms with E-state index in [0.717, 1.165) is 60.8 Å². The zero-order chi connectivity index (χ0) is 20.8. The van der Waals surface area contributed by atoms with E-state index in [0.29, 0.717) is 18.3 Å². The molecule has 0 unspecified atom stereocenters. The maximum Gasteiger partial charge on any atom is 0.214 e. The second-order valence-corrected chi connectivity index (χ2v) is 7.57. The van der Waals surface area contributed by atoms with Gasteiger partial charge in [-0.25, -0.2) is 4.98 Å². The summed E-state index contributed by atoms with van der Waals surface area (Å²) in [5, 5.41) is 3.36. The predicted molar refractivity (Wildman–Crippen MR) is 117 cm³/mol. The molecule has 29 heavy (non-hydrogen) atoms. The summed E-state index contributed by atoms with van der Waals surface area (Å²) in [6, 6.07) is 7.79. The van der Waals surface area contributed by atoms with Gasteiger partial charge in [0.15, 0.2) is 0 Å². The number of anilines is 4. The Morgan fingerprint density at radius 1 is 1.24 bits per heavy atom. The first kappa shape index (κ1) is 20.9. The molecule has 2 heterocycles. The number of pyridine rings is 1. The molecular formula is C22H30N4O3. The van der Waals surface area contributed by atoms with Crippen LogP contribution in [0.15, 0.2) is 30.5 Å². The maximum absolute atomic E-state index is 12.0. The zero-order valence-corrected chi connectivity index (χ0v) is 17.6. The highest BCUT2D eigenvalue weighted by atomic mass is 16.5. The normalized spacial score (nSPS) is 14.3. The number of amides is 1. The molecule has 1 fully saturated rings. The lowest BCUT2D eigenvalue weighted by Gasteiger charge is -2.30. The molecule has 156 valence electrons. The van der Waals surface area contributed by atoms with Crippen molar-refractivity contribution in [2.45, 2.75) is 19.8 Å². The summed E-state index contributed by atoms with van der Waals surface area (Å²) < 4.78 is 10.7. The summed E-state index contributed by atoms with van der Waals surface area (Å²) in [5.74, 6) is 1.95. The van der Waals surface area contributed by atoms with E-state index in [2.05, 4.69) is 10.3 Å². The average molecular weight is 399 g/mol. The van der Waals surface area contributed by atoms with E-state index in [1.807, 2.05) is 50.2 Å². The van der Waals surface area contributed by atoms with E-state index in [4.69, 9.17) is 9.47 Å². The number of carbonyl (C=O) groups excluding carboxylic acids is 1. The standard InChI is InChI=1S/C22H30N4O3/c1-16-11-18(28-4)5-6-19(16)24-22-12-20(21(13-23-22)25(2)3)26(15-27)14-17-7-9-29-10-8-17/h5-6,11-13,15,17H,7-10,14H2,1-4H3,(H,23,24). The second-order valence-electron chi connectivity index (χ2n) is 7.57. The third kappa shape index (κ3) is 5.17. The van der Waals surface area contributed by atoms with Crippen LogP contribution >= 0.6 is 0 Å². The fourth-order valence-corrected chi connectivity index (χ4v) is 3.53. The minimum absolute atomic E-state index is 0.442. The van der Waals surface area contributed by atoms with Gasteiger partial charge in [-0.2, -0.15) is 0 Å². The van der Waals surface area contributed by atoms with Gasteiger partial charge in [0.05, 0.1) is 24.7 Å². The number of methoxy groups -OCH3 is 1. The van der Waals surface area contributed by atoms with Crippen molar-refractivity contribution in [3.63, 3.8) is 0 Å². The molecule has 0 aliphatic carbocycles. The van der Waals surface area contributed by atoms with E-state index in [1.165, 1.54) is 0 Å². The monoisotopic (exact) mass is 398 g/mol. The lowest BCUT2D eigenvalue weighted by atomic mass is 9.99. The van der Waals surface area contributed by atoms with Crippen LogP contribution in [0, 0.1) is 12.8 Å². The lowest BCUT2D eigenvalue weighted by molar-refractivity contribution is -0.107. The largest absolute Gasteiger partial charge is 0.497 e. The van der Waals surface area contributed by atoms with Crippen molar-refractivity contribution in [2.24, 2.45) is 5.92 Å². The molecule has 7 heteroatoms. The minimum atomic E-state index is 0.442. The van der Waals surface area contributed by atoms with E-state index in [9.17, 15) is 4.79 Å². The van der Waals surface area contributed by atoms with Crippen molar-refractivity contribution in [3.05, 3.63) is 36.0 Å². The summed E-state index contributed by atoms with van der Waals surface area (Å²) in [5.41, 5.74) is 3.75. The van der Waals surface area contributed by atoms with Gasteiger partial charge >= 0.3 is 0 Å². The predicted octanol–water partition coefficient (Wildman–Crippen LogP) is 3.60. The lowest BCUT2D eigenvalue weighted by Crippen LogP contribution is -2.32. The van der Waals surface area contributed by atoms with Crippen molar-refractivity contribution in [1.82, 2.24) is 4.98 Å². The molecule has 1 aromatic heterocycles. The molecular weight excluding hydrogens is 368 g/mol. The van der Waals surface area contributed by atoms with Gasteiger partial charge in [0.25, 0.3) is 0 Å². The second kappa shape index (κ2) is 9.60. The highest BCUT2D eigenvalue weighted by molar-refractivity contribution is 5.85. The molecule has 7 nitrogen and oxygen atoms in total. The summed E-state index contributed by atoms with van der Waals surface area (Å²) in [4.78, 5) is 20.3. The molecule has 1 N–H and O–H groups in total. The molecule has 0 bridgehead atoms. The number of hydrogen-bond acceptors (Lipinski definition) is 6. The Hall–Kier alpha value is -2.80. The number of ether oxygens (including phenoxy) is 2. The number of rotatable bonds is 8. The van der Waals surface area contributed by atoms with Gasteiger partial charge < -0.3 is 24.6 Å². The molecule has 0 saturated carbocycles. The van der Waals surface area contributed by atoms with Gasteiger partial charge in [-0.1, -0.05) is 0 Å². The van der Waals surface area contributed by atoms with Crippen molar-refractivity contribution in [2.75, 3.05) is 56.1 Å². The number of carbonyl (C=O) groups is 1. The molecule has 1 aliphatic rings. The Balaban J connectivity index is 1.87. The van der Waals surface area contributed by atoms with Crippen LogP contribution in [0.2, 0.25) is 0 Å². The molecule has 0 atom stereocenters. The molecule has 1 aliphatic heterocycles. The number of benzene rings is 1. The highest BCUT2D eigenvalue weighted by Gasteiger charge is 2.21. The fraction of sp³-hybridized carbons (Fsp3) is 0.455. The van der Waals surface area contributed by atoms with Crippen LogP contribution in [0.3, 0.4) is 0 Å². The minimum Gasteiger partial charge on any atom is -0.497 e. The van der Waals surface area contributed by atoms with Crippen molar-refractivity contribution < 1.29 is 14.3 Å². The number of hydrogen-bond donors (Lipinski definition) is 1. The molecule has 1 amide bonds. The molecule has 3 rings (SSSR count). The van der Waals surface area contributed by atoms with E-state index < -0.39 is 0 Å². The van der Waals surface area contributed by atoms with Crippen LogP contribution in [0.1, 0.15) is 18.4 Å². The Labute approximate surface area is 172 Å². The van der Waals surface area contributed by atoms with Gasteiger partial charge in [-0.15, -0.1) is 0 Å². The SMILES string of the molecule is COc1ccc(Nc2cc(N(C=O)CC3CCOCC3)c(N(C)C)cn2)c(C)c1. The van der Waals surface area contributed by atoms with E-state index >= 15 is 0 Å². The zero-order valence-electron chi connectivity index (χ0n) is 17.6. The van der Waals surface area contributed by atoms with Crippen molar-refractivity contribution >= 4 is 29.3 Å². The van der Waals surface area contributed by atoms with E-state index in [-0.39, 0.29) is 0 Å². The Morgan fingerprint density at radius 2 is 2.00 bits per heavy atom. The third-order valence-corrected chi connectivity index (χ3v) is 5.27. The topological polar surface area (TPSA) is 66.9 Å². The summed E-state index contributed by atoms with van der Waals surface area (Å²) in [6.45, 7) is 4.22. The van der Waals surface area contributed by atoms with Gasteiger partial charge in [-0.05, 0) is 49.4 Å². The number of aryl methyl sites for hydroxylation is 1. The highest BCUT2D eigenvalue weighted by Crippen LogP contribution is 2.32. The first-order chi connectivity index (χ1) is 14.0. The summed E-state index contributed by atoms with van der Waals surface area (Å²) in [6.07, 6.45) is 4.67. The molecule has 0 radical (unpaired) electrons. The van der Waals surface area contributed by atoms with Gasteiger partial charge in [0, 0.05) is 45.6 Å². The summed E-state index contributed by atoms with van der Waals surface area (Å²) in [7, 11) is 5.57. The fourth-order valence-electron chi connectivity index (χ4n) is 3.53. The van der Waals surface area contributed by atoms with E-state index in [1.54, 1.807) is 18.2 Å². The number of aromatic nitrogens is 1. The number of nitrogens with one attached hydrogen (secondary N) is 1. The molecule has 1 saturated heterocycles. The Morgan fingerprint density at radius 3 is 2.62 bits per heavy atom. The van der Waals surface area contributed by atoms with Gasteiger partial charge in [0.2, 0.25) is 6.41 Å². The van der Waals surface area contributed by atoms with Crippen molar-refractivity contribution in [3.8, 4) is 5.75 Å². The Bertz CT molecular complexity index is 835. The first-order valence-corrected chi connectivity index (χ1v) is 9.90. The van der Waals surface area contributed by atoms with Crippen LogP contribution in [0.5, 0.6) is 5.75 Å². The Kier molecular flexibility index (Phi) is 6.93. The van der Waals surface area contributed by atoms with Gasteiger partial charge in [0.1, 0.15) is 11.6 Å². The van der Waals surface area contributed by atoms with Crippen LogP contribution in [0.25, 0.3) is 0 Å². The van der Waals surface area contributed by atoms with Crippen LogP contribution in [-0.4, -0.2) is 52.4 Å². The number of nitrogens with zero attached hydrogens (tertiary/aromatic N) is 3. The molecule has 2 aromatic rings. The van der Waals surface area contributed by atoms with Crippen LogP contribution < -0.4 is 19.9 Å². The molecule has 1 aromatic carbocycles. The summed E-state index contributed by atoms with van der Waals surface area (Å²) >= 11 is 0. The molecule has 0 spiro atoms. The average Bonchev–Trinajstić information content (AvgIpc) is 2.74. The van der Waals surface area contributed by atoms with Crippen molar-refractivity contribution in [1.29, 1.82) is 0 Å². The van der Waals surface area contributed by atoms with Crippen LogP contribution in [0.4, 0.5) is 22.9 Å².